The van der Waals surface area contributed by atoms with Gasteiger partial charge in [0.15, 0.2) is 0 Å². The molecule has 2 aliphatic heterocycles. The molecule has 19 heavy (non-hydrogen) atoms. The maximum absolute atomic E-state index is 8.80. The molecular weight excluding hydrogens is 256 g/mol. The molecule has 1 aromatic carbocycles. The highest BCUT2D eigenvalue weighted by Gasteiger charge is 2.40. The summed E-state index contributed by atoms with van der Waals surface area (Å²) in [5.41, 5.74) is 1.93. The fourth-order valence-electron chi connectivity index (χ4n) is 2.89. The second kappa shape index (κ2) is 5.44. The maximum Gasteiger partial charge on any atom is 0.0991 e. The molecule has 2 saturated heterocycles. The van der Waals surface area contributed by atoms with Gasteiger partial charge in [0.2, 0.25) is 0 Å². The molecule has 0 radical (unpaired) electrons. The molecule has 2 unspecified atom stereocenters. The predicted molar refractivity (Wildman–Crippen MR) is 78.4 cm³/mol. The molecule has 2 aliphatic rings. The monoisotopic (exact) mass is 274 g/mol. The second-order valence-electron chi connectivity index (χ2n) is 5.36. The first-order valence-electron chi connectivity index (χ1n) is 6.78. The van der Waals surface area contributed by atoms with Gasteiger partial charge in [-0.3, -0.25) is 0 Å². The Hall–Kier alpha value is -1.18. The highest BCUT2D eigenvalue weighted by atomic mass is 32.2. The number of thioether (sulfide) groups is 1. The first-order valence-corrected chi connectivity index (χ1v) is 7.94. The lowest BCUT2D eigenvalue weighted by Crippen LogP contribution is -2.44. The van der Waals surface area contributed by atoms with E-state index in [-0.39, 0.29) is 5.60 Å². The van der Waals surface area contributed by atoms with Crippen LogP contribution in [-0.2, 0) is 4.74 Å². The van der Waals surface area contributed by atoms with Crippen LogP contribution in [0.4, 0.5) is 5.69 Å². The topological polar surface area (TPSA) is 45.0 Å². The van der Waals surface area contributed by atoms with Crippen molar-refractivity contribution in [2.24, 2.45) is 0 Å². The van der Waals surface area contributed by atoms with Crippen LogP contribution in [0.15, 0.2) is 24.3 Å². The third kappa shape index (κ3) is 2.88. The van der Waals surface area contributed by atoms with Gasteiger partial charge >= 0.3 is 0 Å². The summed E-state index contributed by atoms with van der Waals surface area (Å²) in [5.74, 6) is 2.36. The number of benzene rings is 1. The van der Waals surface area contributed by atoms with E-state index in [0.717, 1.165) is 30.9 Å². The molecular formula is C15H18N2OS. The van der Waals surface area contributed by atoms with E-state index in [9.17, 15) is 0 Å². The van der Waals surface area contributed by atoms with Crippen LogP contribution in [0.25, 0.3) is 0 Å². The van der Waals surface area contributed by atoms with E-state index in [0.29, 0.717) is 11.6 Å². The maximum atomic E-state index is 8.80. The lowest BCUT2D eigenvalue weighted by atomic mass is 9.90. The molecule has 3 nitrogen and oxygen atoms in total. The van der Waals surface area contributed by atoms with Crippen LogP contribution in [0.5, 0.6) is 0 Å². The van der Waals surface area contributed by atoms with Gasteiger partial charge in [-0.15, -0.1) is 0 Å². The van der Waals surface area contributed by atoms with Gasteiger partial charge in [-0.1, -0.05) is 0 Å². The summed E-state index contributed by atoms with van der Waals surface area (Å²) in [7, 11) is 0. The lowest BCUT2D eigenvalue weighted by Gasteiger charge is -2.38. The van der Waals surface area contributed by atoms with Crippen LogP contribution >= 0.6 is 11.8 Å². The molecule has 1 spiro atoms. The first-order chi connectivity index (χ1) is 9.30. The molecule has 0 bridgehead atoms. The van der Waals surface area contributed by atoms with Crippen LogP contribution in [0, 0.1) is 11.3 Å². The van der Waals surface area contributed by atoms with E-state index >= 15 is 0 Å². The molecule has 3 rings (SSSR count). The Morgan fingerprint density at radius 1 is 1.37 bits per heavy atom. The lowest BCUT2D eigenvalue weighted by molar-refractivity contribution is -0.0628. The number of nitriles is 1. The predicted octanol–water partition coefficient (Wildman–Crippen LogP) is 3.02. The number of anilines is 1. The van der Waals surface area contributed by atoms with Crippen LogP contribution in [0.3, 0.4) is 0 Å². The minimum atomic E-state index is 0.118. The fourth-order valence-corrected chi connectivity index (χ4v) is 4.27. The summed E-state index contributed by atoms with van der Waals surface area (Å²) < 4.78 is 6.03. The SMILES string of the molecule is N#Cc1ccc(NC2CCOC3(CCSC3)C2)cc1. The van der Waals surface area contributed by atoms with E-state index in [1.54, 1.807) is 0 Å². The molecule has 2 heterocycles. The summed E-state index contributed by atoms with van der Waals surface area (Å²) >= 11 is 2.00. The zero-order chi connectivity index (χ0) is 13.1. The Morgan fingerprint density at radius 2 is 2.21 bits per heavy atom. The third-order valence-corrected chi connectivity index (χ3v) is 5.17. The normalized spacial score (nSPS) is 30.2. The Kier molecular flexibility index (Phi) is 3.67. The Bertz CT molecular complexity index is 474. The van der Waals surface area contributed by atoms with Crippen molar-refractivity contribution in [1.29, 1.82) is 5.26 Å². The summed E-state index contributed by atoms with van der Waals surface area (Å²) in [5, 5.41) is 12.4. The number of ether oxygens (including phenoxy) is 1. The summed E-state index contributed by atoms with van der Waals surface area (Å²) in [6, 6.07) is 10.3. The van der Waals surface area contributed by atoms with Crippen molar-refractivity contribution in [3.8, 4) is 6.07 Å². The largest absolute Gasteiger partial charge is 0.382 e. The molecule has 1 N–H and O–H groups in total. The van der Waals surface area contributed by atoms with E-state index < -0.39 is 0 Å². The average Bonchev–Trinajstić information content (AvgIpc) is 2.88. The smallest absolute Gasteiger partial charge is 0.0991 e. The molecule has 100 valence electrons. The van der Waals surface area contributed by atoms with E-state index in [1.807, 2.05) is 36.0 Å². The summed E-state index contributed by atoms with van der Waals surface area (Å²) in [6.07, 6.45) is 3.34. The second-order valence-corrected chi connectivity index (χ2v) is 6.46. The minimum absolute atomic E-state index is 0.118. The minimum Gasteiger partial charge on any atom is -0.382 e. The van der Waals surface area contributed by atoms with Gasteiger partial charge < -0.3 is 10.1 Å². The number of hydrogen-bond acceptors (Lipinski definition) is 4. The van der Waals surface area contributed by atoms with Crippen molar-refractivity contribution in [2.45, 2.75) is 30.9 Å². The highest BCUT2D eigenvalue weighted by molar-refractivity contribution is 7.99. The van der Waals surface area contributed by atoms with Crippen molar-refractivity contribution in [3.63, 3.8) is 0 Å². The summed E-state index contributed by atoms with van der Waals surface area (Å²) in [6.45, 7) is 0.856. The van der Waals surface area contributed by atoms with E-state index in [2.05, 4.69) is 11.4 Å². The first kappa shape index (κ1) is 12.8. The molecule has 4 heteroatoms. The molecule has 0 aromatic heterocycles. The molecule has 2 fully saturated rings. The molecule has 0 amide bonds. The van der Waals surface area contributed by atoms with Crippen molar-refractivity contribution in [2.75, 3.05) is 23.4 Å². The van der Waals surface area contributed by atoms with Gasteiger partial charge in [-0.25, -0.2) is 0 Å². The van der Waals surface area contributed by atoms with Crippen molar-refractivity contribution in [1.82, 2.24) is 0 Å². The Balaban J connectivity index is 1.64. The quantitative estimate of drug-likeness (QED) is 0.900. The van der Waals surface area contributed by atoms with Crippen molar-refractivity contribution in [3.05, 3.63) is 29.8 Å². The van der Waals surface area contributed by atoms with E-state index in [4.69, 9.17) is 10.00 Å². The average molecular weight is 274 g/mol. The van der Waals surface area contributed by atoms with Crippen molar-refractivity contribution >= 4 is 17.4 Å². The van der Waals surface area contributed by atoms with Gasteiger partial charge in [-0.2, -0.15) is 17.0 Å². The van der Waals surface area contributed by atoms with Crippen molar-refractivity contribution < 1.29 is 4.74 Å². The third-order valence-electron chi connectivity index (χ3n) is 3.94. The van der Waals surface area contributed by atoms with Crippen LogP contribution in [-0.4, -0.2) is 29.8 Å². The summed E-state index contributed by atoms with van der Waals surface area (Å²) in [4.78, 5) is 0. The molecule has 2 atom stereocenters. The van der Waals surface area contributed by atoms with Gasteiger partial charge in [0.05, 0.1) is 17.2 Å². The number of nitrogens with zero attached hydrogens (tertiary/aromatic N) is 1. The van der Waals surface area contributed by atoms with E-state index in [1.165, 1.54) is 12.2 Å². The van der Waals surface area contributed by atoms with Crippen LogP contribution in [0.1, 0.15) is 24.8 Å². The van der Waals surface area contributed by atoms with Gasteiger partial charge in [-0.05, 0) is 49.3 Å². The van der Waals surface area contributed by atoms with Crippen LogP contribution in [0.2, 0.25) is 0 Å². The Morgan fingerprint density at radius 3 is 2.89 bits per heavy atom. The van der Waals surface area contributed by atoms with Gasteiger partial charge in [0, 0.05) is 24.1 Å². The molecule has 0 saturated carbocycles. The van der Waals surface area contributed by atoms with Gasteiger partial charge in [0.25, 0.3) is 0 Å². The van der Waals surface area contributed by atoms with Gasteiger partial charge in [0.1, 0.15) is 0 Å². The molecule has 0 aliphatic carbocycles. The number of rotatable bonds is 2. The zero-order valence-corrected chi connectivity index (χ0v) is 11.7. The van der Waals surface area contributed by atoms with Crippen LogP contribution < -0.4 is 5.32 Å². The highest BCUT2D eigenvalue weighted by Crippen LogP contribution is 2.38. The molecule has 1 aromatic rings. The Labute approximate surface area is 118 Å². The number of hydrogen-bond donors (Lipinski definition) is 1. The zero-order valence-electron chi connectivity index (χ0n) is 10.9. The number of nitrogens with one attached hydrogen (secondary N) is 1. The fraction of sp³-hybridized carbons (Fsp3) is 0.533. The standard InChI is InChI=1S/C15H18N2OS/c16-10-12-1-3-13(4-2-12)17-14-5-7-18-15(9-14)6-8-19-11-15/h1-4,14,17H,5-9,11H2.